The average Bonchev–Trinajstić information content (AvgIpc) is 3.48. The number of carbonyl (C=O) groups is 4. The SMILES string of the molecule is O=C1CCCc2cccc(NC(=O)[C@H]3CC[C@H](N4C(=O)[C@@H]5[C@@H]6CC[C@@H](C6)[C@@H]5C4=O)CC3)c21. The molecule has 1 aromatic rings. The highest BCUT2D eigenvalue weighted by atomic mass is 16.2. The second-order valence-electron chi connectivity index (χ2n) is 10.5. The number of fused-ring (bicyclic) bond motifs is 6. The van der Waals surface area contributed by atoms with Crippen LogP contribution in [-0.2, 0) is 20.8 Å². The van der Waals surface area contributed by atoms with Crippen molar-refractivity contribution in [1.29, 1.82) is 0 Å². The Labute approximate surface area is 188 Å². The van der Waals surface area contributed by atoms with Crippen molar-refractivity contribution in [3.8, 4) is 0 Å². The summed E-state index contributed by atoms with van der Waals surface area (Å²) in [7, 11) is 0. The number of nitrogens with zero attached hydrogens (tertiary/aromatic N) is 1. The Hall–Kier alpha value is -2.50. The van der Waals surface area contributed by atoms with Gasteiger partial charge in [-0.25, -0.2) is 0 Å². The lowest BCUT2D eigenvalue weighted by atomic mass is 9.81. The van der Waals surface area contributed by atoms with E-state index in [4.69, 9.17) is 0 Å². The molecular formula is C26H30N2O4. The third-order valence-corrected chi connectivity index (χ3v) is 8.93. The van der Waals surface area contributed by atoms with Crippen LogP contribution in [0.3, 0.4) is 0 Å². The number of carbonyl (C=O) groups excluding carboxylic acids is 4. The molecule has 0 unspecified atom stereocenters. The average molecular weight is 435 g/mol. The molecule has 4 atom stereocenters. The zero-order valence-corrected chi connectivity index (χ0v) is 18.3. The number of hydrogen-bond donors (Lipinski definition) is 1. The third-order valence-electron chi connectivity index (χ3n) is 8.93. The maximum absolute atomic E-state index is 13.1. The van der Waals surface area contributed by atoms with E-state index in [-0.39, 0.29) is 47.3 Å². The van der Waals surface area contributed by atoms with Crippen LogP contribution in [0.2, 0.25) is 0 Å². The summed E-state index contributed by atoms with van der Waals surface area (Å²) in [4.78, 5) is 53.2. The highest BCUT2D eigenvalue weighted by Gasteiger charge is 2.61. The van der Waals surface area contributed by atoms with Crippen molar-refractivity contribution < 1.29 is 19.2 Å². The normalized spacial score (nSPS) is 35.8. The van der Waals surface area contributed by atoms with E-state index in [0.717, 1.165) is 37.7 Å². The van der Waals surface area contributed by atoms with Gasteiger partial charge in [0.05, 0.1) is 17.5 Å². The van der Waals surface area contributed by atoms with E-state index in [0.29, 0.717) is 55.2 Å². The van der Waals surface area contributed by atoms with Gasteiger partial charge in [-0.3, -0.25) is 24.1 Å². The summed E-state index contributed by atoms with van der Waals surface area (Å²) in [6, 6.07) is 5.63. The van der Waals surface area contributed by atoms with Gasteiger partial charge in [-0.1, -0.05) is 12.1 Å². The fourth-order valence-electron chi connectivity index (χ4n) is 7.43. The highest BCUT2D eigenvalue weighted by Crippen LogP contribution is 2.56. The number of benzene rings is 1. The van der Waals surface area contributed by atoms with Crippen LogP contribution >= 0.6 is 0 Å². The second kappa shape index (κ2) is 7.53. The van der Waals surface area contributed by atoms with E-state index in [9.17, 15) is 19.2 Å². The minimum absolute atomic E-state index is 0.0517. The maximum atomic E-state index is 13.1. The number of anilines is 1. The van der Waals surface area contributed by atoms with Crippen molar-refractivity contribution in [2.24, 2.45) is 29.6 Å². The number of aryl methyl sites for hydroxylation is 1. The van der Waals surface area contributed by atoms with Gasteiger partial charge in [-0.15, -0.1) is 0 Å². The summed E-state index contributed by atoms with van der Waals surface area (Å²) >= 11 is 0. The van der Waals surface area contributed by atoms with Gasteiger partial charge in [0.15, 0.2) is 5.78 Å². The Kier molecular flexibility index (Phi) is 4.74. The van der Waals surface area contributed by atoms with Crippen molar-refractivity contribution in [2.75, 3.05) is 5.32 Å². The van der Waals surface area contributed by atoms with Crippen LogP contribution in [0.5, 0.6) is 0 Å². The van der Waals surface area contributed by atoms with Gasteiger partial charge in [-0.05, 0) is 81.3 Å². The number of amides is 3. The topological polar surface area (TPSA) is 83.6 Å². The lowest BCUT2D eigenvalue weighted by Crippen LogP contribution is -2.44. The number of likely N-dealkylation sites (tertiary alicyclic amines) is 1. The maximum Gasteiger partial charge on any atom is 0.233 e. The zero-order valence-electron chi connectivity index (χ0n) is 18.3. The van der Waals surface area contributed by atoms with Gasteiger partial charge in [0, 0.05) is 23.9 Å². The number of imide groups is 1. The summed E-state index contributed by atoms with van der Waals surface area (Å²) in [5.41, 5.74) is 2.33. The Morgan fingerprint density at radius 3 is 2.25 bits per heavy atom. The van der Waals surface area contributed by atoms with Gasteiger partial charge in [0.2, 0.25) is 17.7 Å². The molecule has 5 aliphatic rings. The van der Waals surface area contributed by atoms with Crippen molar-refractivity contribution in [2.45, 2.75) is 70.3 Å². The van der Waals surface area contributed by atoms with Crippen LogP contribution in [0.4, 0.5) is 5.69 Å². The van der Waals surface area contributed by atoms with E-state index in [1.807, 2.05) is 18.2 Å². The highest BCUT2D eigenvalue weighted by molar-refractivity contribution is 6.07. The first-order valence-electron chi connectivity index (χ1n) is 12.4. The van der Waals surface area contributed by atoms with Crippen LogP contribution in [0, 0.1) is 29.6 Å². The minimum atomic E-state index is -0.149. The standard InChI is InChI=1S/C26H30N2O4/c29-20-6-2-4-14-3-1-5-19(21(14)20)27-24(30)15-9-11-18(12-10-15)28-25(31)22-16-7-8-17(13-16)23(22)26(28)32/h1,3,5,15-18,22-23H,2,4,6-13H2,(H,27,30)/t15-,16-,17+,18-,22-,23+. The summed E-state index contributed by atoms with van der Waals surface area (Å²) in [5, 5.41) is 3.02. The molecule has 4 fully saturated rings. The fraction of sp³-hybridized carbons (Fsp3) is 0.615. The quantitative estimate of drug-likeness (QED) is 0.735. The van der Waals surface area contributed by atoms with Gasteiger partial charge in [0.1, 0.15) is 0 Å². The fourth-order valence-corrected chi connectivity index (χ4v) is 7.43. The van der Waals surface area contributed by atoms with E-state index >= 15 is 0 Å². The number of Topliss-reactive ketones (excluding diaryl/α,β-unsaturated/α-hetero) is 1. The molecule has 1 saturated heterocycles. The molecule has 1 N–H and O–H groups in total. The van der Waals surface area contributed by atoms with Crippen LogP contribution in [0.15, 0.2) is 18.2 Å². The molecule has 3 amide bonds. The molecule has 6 rings (SSSR count). The predicted octanol–water partition coefficient (Wildman–Crippen LogP) is 3.73. The molecule has 168 valence electrons. The van der Waals surface area contributed by atoms with E-state index in [1.54, 1.807) is 4.90 Å². The first kappa shape index (κ1) is 20.1. The third kappa shape index (κ3) is 2.98. The van der Waals surface area contributed by atoms with Gasteiger partial charge in [-0.2, -0.15) is 0 Å². The molecule has 0 aromatic heterocycles. The molecule has 1 aromatic carbocycles. The van der Waals surface area contributed by atoms with Crippen LogP contribution in [0.25, 0.3) is 0 Å². The second-order valence-corrected chi connectivity index (χ2v) is 10.5. The molecule has 0 radical (unpaired) electrons. The van der Waals surface area contributed by atoms with Crippen molar-refractivity contribution in [1.82, 2.24) is 4.90 Å². The predicted molar refractivity (Wildman–Crippen MR) is 118 cm³/mol. The van der Waals surface area contributed by atoms with Crippen molar-refractivity contribution in [3.05, 3.63) is 29.3 Å². The monoisotopic (exact) mass is 434 g/mol. The molecule has 1 heterocycles. The zero-order chi connectivity index (χ0) is 22.0. The molecule has 32 heavy (non-hydrogen) atoms. The lowest BCUT2D eigenvalue weighted by molar-refractivity contribution is -0.144. The Morgan fingerprint density at radius 1 is 0.875 bits per heavy atom. The Bertz CT molecular complexity index is 981. The molecule has 2 bridgehead atoms. The van der Waals surface area contributed by atoms with Crippen molar-refractivity contribution in [3.63, 3.8) is 0 Å². The number of hydrogen-bond acceptors (Lipinski definition) is 4. The lowest BCUT2D eigenvalue weighted by Gasteiger charge is -2.34. The van der Waals surface area contributed by atoms with E-state index in [2.05, 4.69) is 5.32 Å². The number of ketones is 1. The number of rotatable bonds is 3. The smallest absolute Gasteiger partial charge is 0.233 e. The molecule has 1 aliphatic heterocycles. The van der Waals surface area contributed by atoms with Crippen molar-refractivity contribution >= 4 is 29.2 Å². The largest absolute Gasteiger partial charge is 0.325 e. The molecule has 3 saturated carbocycles. The van der Waals surface area contributed by atoms with Gasteiger partial charge < -0.3 is 5.32 Å². The van der Waals surface area contributed by atoms with E-state index in [1.165, 1.54) is 0 Å². The Balaban J connectivity index is 1.11. The Morgan fingerprint density at radius 2 is 1.56 bits per heavy atom. The first-order chi connectivity index (χ1) is 15.5. The van der Waals surface area contributed by atoms with E-state index < -0.39 is 0 Å². The summed E-state index contributed by atoms with van der Waals surface area (Å²) in [5.74, 6) is 0.725. The van der Waals surface area contributed by atoms with Gasteiger partial charge in [0.25, 0.3) is 0 Å². The minimum Gasteiger partial charge on any atom is -0.325 e. The summed E-state index contributed by atoms with van der Waals surface area (Å²) in [6.07, 6.45) is 8.23. The molecule has 6 heteroatoms. The first-order valence-corrected chi connectivity index (χ1v) is 12.4. The molecule has 6 nitrogen and oxygen atoms in total. The molecule has 0 spiro atoms. The van der Waals surface area contributed by atoms with Crippen LogP contribution in [0.1, 0.15) is 73.7 Å². The van der Waals surface area contributed by atoms with Crippen LogP contribution < -0.4 is 5.32 Å². The van der Waals surface area contributed by atoms with Gasteiger partial charge >= 0.3 is 0 Å². The summed E-state index contributed by atoms with van der Waals surface area (Å²) in [6.45, 7) is 0. The van der Waals surface area contributed by atoms with Crippen LogP contribution in [-0.4, -0.2) is 34.4 Å². The molecule has 4 aliphatic carbocycles. The number of nitrogens with one attached hydrogen (secondary N) is 1. The summed E-state index contributed by atoms with van der Waals surface area (Å²) < 4.78 is 0. The molecular weight excluding hydrogens is 404 g/mol.